The first-order valence-corrected chi connectivity index (χ1v) is 12.0. The monoisotopic (exact) mass is 455 g/mol. The molecule has 0 spiro atoms. The molecular formula is C22H29N7O2S. The smallest absolute Gasteiger partial charge is 0.407 e. The van der Waals surface area contributed by atoms with Crippen molar-refractivity contribution < 1.29 is 9.53 Å². The minimum Gasteiger partial charge on any atom is -0.444 e. The van der Waals surface area contributed by atoms with E-state index in [1.165, 1.54) is 11.8 Å². The predicted octanol–water partition coefficient (Wildman–Crippen LogP) is 4.16. The first-order chi connectivity index (χ1) is 15.3. The molecule has 0 aliphatic heterocycles. The molecule has 1 saturated carbocycles. The molecule has 1 fully saturated rings. The second-order valence-electron chi connectivity index (χ2n) is 8.88. The van der Waals surface area contributed by atoms with E-state index in [-0.39, 0.29) is 18.2 Å². The molecule has 3 aromatic rings. The van der Waals surface area contributed by atoms with Gasteiger partial charge in [-0.1, -0.05) is 11.8 Å². The third-order valence-corrected chi connectivity index (χ3v) is 5.86. The minimum atomic E-state index is -0.487. The largest absolute Gasteiger partial charge is 0.444 e. The predicted molar refractivity (Wildman–Crippen MR) is 125 cm³/mol. The Morgan fingerprint density at radius 1 is 1.12 bits per heavy atom. The van der Waals surface area contributed by atoms with E-state index < -0.39 is 5.60 Å². The minimum absolute atomic E-state index is 0.132. The van der Waals surface area contributed by atoms with E-state index in [9.17, 15) is 4.79 Å². The molecule has 1 amide bonds. The molecule has 0 saturated heterocycles. The van der Waals surface area contributed by atoms with Crippen LogP contribution in [0, 0.1) is 0 Å². The second kappa shape index (κ2) is 9.32. The Hall–Kier alpha value is -2.88. The van der Waals surface area contributed by atoms with E-state index in [0.717, 1.165) is 53.7 Å². The number of alkyl carbamates (subject to hydrolysis) is 1. The molecule has 2 N–H and O–H groups in total. The number of thioether (sulfide) groups is 1. The second-order valence-corrected chi connectivity index (χ2v) is 9.65. The van der Waals surface area contributed by atoms with E-state index in [1.54, 1.807) is 12.4 Å². The lowest BCUT2D eigenvalue weighted by Gasteiger charge is -2.30. The maximum Gasteiger partial charge on any atom is 0.407 e. The van der Waals surface area contributed by atoms with Gasteiger partial charge in [-0.25, -0.2) is 24.7 Å². The van der Waals surface area contributed by atoms with Crippen LogP contribution in [-0.2, 0) is 4.74 Å². The Balaban J connectivity index is 1.41. The van der Waals surface area contributed by atoms with Crippen molar-refractivity contribution in [3.8, 4) is 11.4 Å². The zero-order chi connectivity index (χ0) is 22.7. The van der Waals surface area contributed by atoms with Crippen LogP contribution in [0.15, 0.2) is 36.0 Å². The van der Waals surface area contributed by atoms with Crippen LogP contribution in [0.5, 0.6) is 0 Å². The summed E-state index contributed by atoms with van der Waals surface area (Å²) < 4.78 is 7.36. The summed E-state index contributed by atoms with van der Waals surface area (Å²) in [5.41, 5.74) is 2.00. The lowest BCUT2D eigenvalue weighted by atomic mass is 9.91. The van der Waals surface area contributed by atoms with Gasteiger partial charge in [0.1, 0.15) is 5.60 Å². The molecule has 10 heteroatoms. The number of carbonyl (C=O) groups excluding carboxylic acids is 1. The van der Waals surface area contributed by atoms with Crippen molar-refractivity contribution in [1.29, 1.82) is 0 Å². The SMILES string of the molecule is CSc1nccc(-c2cnc3c(N[C@H]4CC[C@H](NC(=O)OC(C)(C)C)CC4)nccn23)n1. The fourth-order valence-corrected chi connectivity index (χ4v) is 4.20. The van der Waals surface area contributed by atoms with Gasteiger partial charge in [0.2, 0.25) is 0 Å². The Bertz CT molecular complexity index is 1090. The van der Waals surface area contributed by atoms with E-state index in [2.05, 4.69) is 30.6 Å². The van der Waals surface area contributed by atoms with Gasteiger partial charge in [0.05, 0.1) is 17.6 Å². The summed E-state index contributed by atoms with van der Waals surface area (Å²) in [7, 11) is 0. The molecule has 4 rings (SSSR count). The number of aromatic nitrogens is 5. The molecule has 1 aliphatic carbocycles. The number of hydrogen-bond acceptors (Lipinski definition) is 8. The summed E-state index contributed by atoms with van der Waals surface area (Å²) in [5, 5.41) is 7.26. The normalized spacial score (nSPS) is 19.0. The number of rotatable bonds is 5. The first kappa shape index (κ1) is 22.3. The Morgan fingerprint density at radius 3 is 2.59 bits per heavy atom. The summed E-state index contributed by atoms with van der Waals surface area (Å²) in [5.74, 6) is 0.751. The van der Waals surface area contributed by atoms with Crippen LogP contribution < -0.4 is 10.6 Å². The fourth-order valence-electron chi connectivity index (χ4n) is 3.84. The number of fused-ring (bicyclic) bond motifs is 1. The zero-order valence-corrected chi connectivity index (χ0v) is 19.6. The van der Waals surface area contributed by atoms with Gasteiger partial charge < -0.3 is 15.4 Å². The third kappa shape index (κ3) is 5.29. The van der Waals surface area contributed by atoms with Gasteiger partial charge >= 0.3 is 6.09 Å². The van der Waals surface area contributed by atoms with Crippen LogP contribution in [0.2, 0.25) is 0 Å². The molecular weight excluding hydrogens is 426 g/mol. The van der Waals surface area contributed by atoms with E-state index in [4.69, 9.17) is 4.74 Å². The summed E-state index contributed by atoms with van der Waals surface area (Å²) >= 11 is 1.51. The number of anilines is 1. The topological polar surface area (TPSA) is 106 Å². The van der Waals surface area contributed by atoms with E-state index in [1.807, 2.05) is 49.9 Å². The number of nitrogens with one attached hydrogen (secondary N) is 2. The fraction of sp³-hybridized carbons (Fsp3) is 0.500. The summed E-state index contributed by atoms with van der Waals surface area (Å²) in [6.07, 6.45) is 12.5. The van der Waals surface area contributed by atoms with Crippen molar-refractivity contribution in [3.63, 3.8) is 0 Å². The van der Waals surface area contributed by atoms with Crippen molar-refractivity contribution in [2.45, 2.75) is 69.3 Å². The van der Waals surface area contributed by atoms with Gasteiger partial charge in [-0.05, 0) is 58.8 Å². The van der Waals surface area contributed by atoms with Gasteiger partial charge in [0.25, 0.3) is 0 Å². The highest BCUT2D eigenvalue weighted by atomic mass is 32.2. The molecule has 0 aromatic carbocycles. The van der Waals surface area contributed by atoms with E-state index >= 15 is 0 Å². The Labute approximate surface area is 191 Å². The number of amides is 1. The average Bonchev–Trinajstić information content (AvgIpc) is 3.19. The molecule has 170 valence electrons. The molecule has 9 nitrogen and oxygen atoms in total. The average molecular weight is 456 g/mol. The summed E-state index contributed by atoms with van der Waals surface area (Å²) in [6, 6.07) is 2.29. The number of imidazole rings is 1. The molecule has 3 heterocycles. The lowest BCUT2D eigenvalue weighted by Crippen LogP contribution is -2.42. The third-order valence-electron chi connectivity index (χ3n) is 5.30. The number of ether oxygens (including phenoxy) is 1. The molecule has 0 radical (unpaired) electrons. The van der Waals surface area contributed by atoms with Crippen LogP contribution in [-0.4, -0.2) is 54.4 Å². The van der Waals surface area contributed by atoms with Gasteiger partial charge in [-0.3, -0.25) is 4.40 Å². The molecule has 0 bridgehead atoms. The number of nitrogens with zero attached hydrogens (tertiary/aromatic N) is 5. The van der Waals surface area contributed by atoms with Crippen molar-refractivity contribution in [2.24, 2.45) is 0 Å². The zero-order valence-electron chi connectivity index (χ0n) is 18.8. The van der Waals surface area contributed by atoms with E-state index in [0.29, 0.717) is 0 Å². The number of carbonyl (C=O) groups is 1. The highest BCUT2D eigenvalue weighted by Gasteiger charge is 2.25. The van der Waals surface area contributed by atoms with Gasteiger partial charge in [-0.2, -0.15) is 0 Å². The van der Waals surface area contributed by atoms with Crippen LogP contribution in [0.4, 0.5) is 10.6 Å². The molecule has 32 heavy (non-hydrogen) atoms. The standard InChI is InChI=1S/C22H29N7O2S/c1-22(2,3)31-21(30)27-15-7-5-14(6-8-15)26-18-19-25-13-17(29(19)12-11-23-18)16-9-10-24-20(28-16)32-4/h9-15H,5-8H2,1-4H3,(H,23,26)(H,27,30)/t14-,15-. The van der Waals surface area contributed by atoms with Crippen LogP contribution >= 0.6 is 11.8 Å². The quantitative estimate of drug-likeness (QED) is 0.436. The van der Waals surface area contributed by atoms with Crippen LogP contribution in [0.25, 0.3) is 17.0 Å². The maximum atomic E-state index is 12.0. The van der Waals surface area contributed by atoms with Gasteiger partial charge in [-0.15, -0.1) is 0 Å². The molecule has 3 aromatic heterocycles. The lowest BCUT2D eigenvalue weighted by molar-refractivity contribution is 0.0492. The van der Waals surface area contributed by atoms with Crippen molar-refractivity contribution in [1.82, 2.24) is 29.7 Å². The molecule has 0 unspecified atom stereocenters. The Kier molecular flexibility index (Phi) is 6.50. The number of hydrogen-bond donors (Lipinski definition) is 2. The van der Waals surface area contributed by atoms with Gasteiger partial charge in [0.15, 0.2) is 16.6 Å². The van der Waals surface area contributed by atoms with Crippen molar-refractivity contribution >= 4 is 29.3 Å². The van der Waals surface area contributed by atoms with Crippen molar-refractivity contribution in [2.75, 3.05) is 11.6 Å². The first-order valence-electron chi connectivity index (χ1n) is 10.8. The maximum absolute atomic E-state index is 12.0. The molecule has 0 atom stereocenters. The Morgan fingerprint density at radius 2 is 1.88 bits per heavy atom. The highest BCUT2D eigenvalue weighted by molar-refractivity contribution is 7.98. The summed E-state index contributed by atoms with van der Waals surface area (Å²) in [4.78, 5) is 30.0. The van der Waals surface area contributed by atoms with Crippen LogP contribution in [0.1, 0.15) is 46.5 Å². The summed E-state index contributed by atoms with van der Waals surface area (Å²) in [6.45, 7) is 5.61. The van der Waals surface area contributed by atoms with Crippen molar-refractivity contribution in [3.05, 3.63) is 30.9 Å². The van der Waals surface area contributed by atoms with Crippen LogP contribution in [0.3, 0.4) is 0 Å². The molecule has 1 aliphatic rings. The highest BCUT2D eigenvalue weighted by Crippen LogP contribution is 2.26. The van der Waals surface area contributed by atoms with Gasteiger partial charge in [0, 0.05) is 30.7 Å².